The number of aromatic amines is 1. The molecule has 2 heterocycles. The van der Waals surface area contributed by atoms with E-state index in [0.29, 0.717) is 11.6 Å². The third-order valence-corrected chi connectivity index (χ3v) is 10.1. The maximum absolute atomic E-state index is 13.9. The van der Waals surface area contributed by atoms with E-state index in [1.807, 2.05) is 0 Å². The molecule has 2 saturated carbocycles. The van der Waals surface area contributed by atoms with Gasteiger partial charge in [0.05, 0.1) is 6.04 Å². The molecule has 2 aliphatic carbocycles. The van der Waals surface area contributed by atoms with E-state index in [9.17, 15) is 29.1 Å². The van der Waals surface area contributed by atoms with Gasteiger partial charge in [0.2, 0.25) is 5.95 Å². The van der Waals surface area contributed by atoms with Crippen LogP contribution in [0.4, 0.5) is 27.9 Å². The van der Waals surface area contributed by atoms with Crippen molar-refractivity contribution in [3.05, 3.63) is 40.2 Å². The Labute approximate surface area is 258 Å². The fourth-order valence-electron chi connectivity index (χ4n) is 6.95. The van der Waals surface area contributed by atoms with Gasteiger partial charge in [0, 0.05) is 36.2 Å². The minimum absolute atomic E-state index is 0.0164. The number of carbonyl (C=O) groups excluding carboxylic acids is 2. The molecule has 0 spiro atoms. The largest absolute Gasteiger partial charge is 0.481 e. The number of hydrogen-bond donors (Lipinski definition) is 7. The number of rotatable bonds is 10. The van der Waals surface area contributed by atoms with Crippen molar-refractivity contribution in [2.24, 2.45) is 16.7 Å². The van der Waals surface area contributed by atoms with Gasteiger partial charge in [-0.3, -0.25) is 24.3 Å². The molecule has 2 fully saturated rings. The van der Waals surface area contributed by atoms with Crippen LogP contribution in [-0.4, -0.2) is 75.4 Å². The number of carboxylic acids is 2. The molecule has 5 atom stereocenters. The molecule has 4 unspecified atom stereocenters. The van der Waals surface area contributed by atoms with Crippen LogP contribution >= 0.6 is 0 Å². The summed E-state index contributed by atoms with van der Waals surface area (Å²) in [5, 5.41) is 26.8. The molecular formula is C30H39N7O8. The maximum atomic E-state index is 13.9. The van der Waals surface area contributed by atoms with Gasteiger partial charge in [-0.2, -0.15) is 4.98 Å². The summed E-state index contributed by atoms with van der Waals surface area (Å²) in [5.41, 5.74) is 5.81. The van der Waals surface area contributed by atoms with E-state index in [0.717, 1.165) is 19.3 Å². The zero-order valence-electron chi connectivity index (χ0n) is 25.4. The van der Waals surface area contributed by atoms with Crippen molar-refractivity contribution in [1.29, 1.82) is 0 Å². The average Bonchev–Trinajstić information content (AvgIpc) is 3.31. The number of nitrogens with one attached hydrogen (secondary N) is 4. The van der Waals surface area contributed by atoms with Crippen LogP contribution in [0.15, 0.2) is 29.1 Å². The summed E-state index contributed by atoms with van der Waals surface area (Å²) < 4.78 is 6.17. The van der Waals surface area contributed by atoms with Crippen molar-refractivity contribution in [1.82, 2.24) is 15.3 Å². The number of ether oxygens (including phenoxy) is 1. The van der Waals surface area contributed by atoms with Crippen molar-refractivity contribution >= 4 is 47.1 Å². The van der Waals surface area contributed by atoms with Gasteiger partial charge in [0.15, 0.2) is 11.5 Å². The first-order valence-electron chi connectivity index (χ1n) is 14.9. The van der Waals surface area contributed by atoms with Crippen LogP contribution in [0.5, 0.6) is 0 Å². The molecule has 1 aromatic carbocycles. The predicted octanol–water partition coefficient (Wildman–Crippen LogP) is 2.46. The van der Waals surface area contributed by atoms with E-state index in [2.05, 4.69) is 46.7 Å². The summed E-state index contributed by atoms with van der Waals surface area (Å²) in [6.45, 7) is 7.06. The average molecular weight is 626 g/mol. The third kappa shape index (κ3) is 5.98. The SMILES string of the molecule is CC1(C)C2CCC1(C)C(OC(=O)N1c3c(nc(N)[nH]c3=O)NCC1CNc1ccc(C(=O)N[C@@H](CCC(=O)O)C(=O)O)cc1)C2. The van der Waals surface area contributed by atoms with E-state index >= 15 is 0 Å². The number of H-pyrrole nitrogens is 1. The molecule has 2 aromatic rings. The number of nitrogens with two attached hydrogens (primary N) is 1. The second-order valence-electron chi connectivity index (χ2n) is 12.8. The Morgan fingerprint density at radius 2 is 1.89 bits per heavy atom. The molecule has 2 amide bonds. The lowest BCUT2D eigenvalue weighted by Crippen LogP contribution is -2.54. The lowest BCUT2D eigenvalue weighted by atomic mass is 9.70. The number of nitrogen functional groups attached to an aromatic ring is 1. The molecule has 2 bridgehead atoms. The van der Waals surface area contributed by atoms with Gasteiger partial charge in [-0.25, -0.2) is 9.59 Å². The van der Waals surface area contributed by atoms with E-state index < -0.39 is 48.0 Å². The monoisotopic (exact) mass is 625 g/mol. The summed E-state index contributed by atoms with van der Waals surface area (Å²) in [6.07, 6.45) is 1.22. The number of carbonyl (C=O) groups is 4. The molecular weight excluding hydrogens is 586 g/mol. The molecule has 15 heteroatoms. The van der Waals surface area contributed by atoms with Gasteiger partial charge >= 0.3 is 18.0 Å². The highest BCUT2D eigenvalue weighted by atomic mass is 16.6. The molecule has 1 aromatic heterocycles. The Kier molecular flexibility index (Phi) is 8.38. The predicted molar refractivity (Wildman–Crippen MR) is 164 cm³/mol. The maximum Gasteiger partial charge on any atom is 0.415 e. The highest BCUT2D eigenvalue weighted by Crippen LogP contribution is 2.66. The van der Waals surface area contributed by atoms with Gasteiger partial charge < -0.3 is 36.6 Å². The van der Waals surface area contributed by atoms with E-state index in [-0.39, 0.29) is 59.5 Å². The van der Waals surface area contributed by atoms with E-state index in [1.165, 1.54) is 17.0 Å². The van der Waals surface area contributed by atoms with Crippen molar-refractivity contribution in [2.45, 2.75) is 71.1 Å². The number of aliphatic carboxylic acids is 2. The quantitative estimate of drug-likeness (QED) is 0.202. The number of carboxylic acid groups (broad SMARTS) is 2. The number of nitrogens with zero attached hydrogens (tertiary/aromatic N) is 2. The molecule has 8 N–H and O–H groups in total. The summed E-state index contributed by atoms with van der Waals surface area (Å²) in [5.74, 6) is -2.61. The molecule has 0 saturated heterocycles. The standard InChI is InChI=1S/C30H39N7O8/c1-29(2)16-10-11-30(29,3)20(12-16)45-28(44)37-18(14-33-23-22(37)25(41)36-27(31)35-23)13-32-17-6-4-15(5-7-17)24(40)34-19(26(42)43)8-9-21(38)39/h4-7,16,18-20,32H,8-14H2,1-3H3,(H,34,40)(H,38,39)(H,42,43)(H4,31,33,35,36,41)/t16?,18?,19-,20?,30?/m0/s1. The van der Waals surface area contributed by atoms with Gasteiger partial charge in [-0.15, -0.1) is 0 Å². The van der Waals surface area contributed by atoms with Crippen LogP contribution in [0.2, 0.25) is 0 Å². The summed E-state index contributed by atoms with van der Waals surface area (Å²) >= 11 is 0. The number of aromatic nitrogens is 2. The lowest BCUT2D eigenvalue weighted by Gasteiger charge is -2.41. The van der Waals surface area contributed by atoms with Crippen LogP contribution in [0.25, 0.3) is 0 Å². The van der Waals surface area contributed by atoms with Crippen molar-refractivity contribution < 1.29 is 34.1 Å². The number of benzene rings is 1. The zero-order chi connectivity index (χ0) is 32.7. The van der Waals surface area contributed by atoms with Gasteiger partial charge in [-0.1, -0.05) is 20.8 Å². The molecule has 1 aliphatic heterocycles. The summed E-state index contributed by atoms with van der Waals surface area (Å²) in [7, 11) is 0. The molecule has 45 heavy (non-hydrogen) atoms. The molecule has 15 nitrogen and oxygen atoms in total. The van der Waals surface area contributed by atoms with Crippen LogP contribution in [-0.2, 0) is 14.3 Å². The van der Waals surface area contributed by atoms with Gasteiger partial charge in [-0.05, 0) is 61.3 Å². The van der Waals surface area contributed by atoms with Gasteiger partial charge in [0.1, 0.15) is 12.1 Å². The lowest BCUT2D eigenvalue weighted by molar-refractivity contribution is -0.140. The first kappa shape index (κ1) is 31.6. The zero-order valence-corrected chi connectivity index (χ0v) is 25.4. The second-order valence-corrected chi connectivity index (χ2v) is 12.8. The highest BCUT2D eigenvalue weighted by Gasteiger charge is 2.63. The number of anilines is 4. The number of hydrogen-bond acceptors (Lipinski definition) is 10. The highest BCUT2D eigenvalue weighted by molar-refractivity contribution is 5.97. The van der Waals surface area contributed by atoms with Crippen LogP contribution in [0, 0.1) is 16.7 Å². The summed E-state index contributed by atoms with van der Waals surface area (Å²) in [6, 6.07) is 4.29. The Hall–Kier alpha value is -4.82. The smallest absolute Gasteiger partial charge is 0.415 e. The van der Waals surface area contributed by atoms with Crippen LogP contribution in [0.3, 0.4) is 0 Å². The Balaban J connectivity index is 1.29. The van der Waals surface area contributed by atoms with E-state index in [4.69, 9.17) is 15.6 Å². The summed E-state index contributed by atoms with van der Waals surface area (Å²) in [4.78, 5) is 69.8. The Bertz CT molecular complexity index is 1560. The first-order chi connectivity index (χ1) is 21.2. The molecule has 0 radical (unpaired) electrons. The fourth-order valence-corrected chi connectivity index (χ4v) is 6.95. The van der Waals surface area contributed by atoms with Crippen molar-refractivity contribution in [2.75, 3.05) is 34.4 Å². The molecule has 242 valence electrons. The van der Waals surface area contributed by atoms with Crippen LogP contribution in [0.1, 0.15) is 63.2 Å². The van der Waals surface area contributed by atoms with Crippen LogP contribution < -0.4 is 32.1 Å². The van der Waals surface area contributed by atoms with E-state index in [1.54, 1.807) is 12.1 Å². The minimum Gasteiger partial charge on any atom is -0.481 e. The molecule has 5 rings (SSSR count). The number of fused-ring (bicyclic) bond motifs is 3. The minimum atomic E-state index is -1.35. The Morgan fingerprint density at radius 3 is 2.49 bits per heavy atom. The van der Waals surface area contributed by atoms with Crippen molar-refractivity contribution in [3.8, 4) is 0 Å². The Morgan fingerprint density at radius 1 is 1.18 bits per heavy atom. The normalized spacial score (nSPS) is 25.0. The first-order valence-corrected chi connectivity index (χ1v) is 14.9. The topological polar surface area (TPSA) is 229 Å². The number of amides is 2. The third-order valence-electron chi connectivity index (χ3n) is 10.1. The van der Waals surface area contributed by atoms with Gasteiger partial charge in [0.25, 0.3) is 11.5 Å². The second kappa shape index (κ2) is 11.9. The molecule has 3 aliphatic rings. The fraction of sp³-hybridized carbons (Fsp3) is 0.533. The van der Waals surface area contributed by atoms with Crippen molar-refractivity contribution in [3.63, 3.8) is 0 Å².